The summed E-state index contributed by atoms with van der Waals surface area (Å²) in [6, 6.07) is -1.05. The second kappa shape index (κ2) is 9.66. The Morgan fingerprint density at radius 2 is 1.61 bits per heavy atom. The smallest absolute Gasteiger partial charge is 0.333 e. The van der Waals surface area contributed by atoms with Crippen LogP contribution in [0.5, 0.6) is 0 Å². The predicted octanol–water partition coefficient (Wildman–Crippen LogP) is 1.49. The summed E-state index contributed by atoms with van der Waals surface area (Å²) < 4.78 is 5.32. The van der Waals surface area contributed by atoms with Crippen molar-refractivity contribution < 1.29 is 33.5 Å². The molecule has 0 spiro atoms. The van der Waals surface area contributed by atoms with Crippen LogP contribution in [0.2, 0.25) is 0 Å². The van der Waals surface area contributed by atoms with Crippen molar-refractivity contribution in [2.75, 3.05) is 0 Å². The van der Waals surface area contributed by atoms with E-state index < -0.39 is 35.4 Å². The van der Waals surface area contributed by atoms with Gasteiger partial charge >= 0.3 is 11.9 Å². The van der Waals surface area contributed by atoms with E-state index in [1.54, 1.807) is 27.7 Å². The Morgan fingerprint density at radius 3 is 2.07 bits per heavy atom. The van der Waals surface area contributed by atoms with Crippen LogP contribution in [0.25, 0.3) is 0 Å². The number of nitrogens with zero attached hydrogens (tertiary/aromatic N) is 1. The lowest BCUT2D eigenvalue weighted by molar-refractivity contribution is -0.197. The second-order valence-electron chi connectivity index (χ2n) is 8.21. The molecule has 9 nitrogen and oxygen atoms in total. The molecule has 1 rings (SSSR count). The summed E-state index contributed by atoms with van der Waals surface area (Å²) in [5, 5.41) is 3.07. The third kappa shape index (κ3) is 7.28. The number of carbonyl (C=O) groups is 5. The number of imide groups is 1. The average molecular weight is 398 g/mol. The van der Waals surface area contributed by atoms with Crippen molar-refractivity contribution in [3.63, 3.8) is 0 Å². The normalized spacial score (nSPS) is 16.8. The molecule has 158 valence electrons. The minimum atomic E-state index is -1.05. The number of hydrogen-bond donors (Lipinski definition) is 1. The van der Waals surface area contributed by atoms with Crippen molar-refractivity contribution in [3.05, 3.63) is 0 Å². The van der Waals surface area contributed by atoms with E-state index in [9.17, 15) is 24.0 Å². The number of rotatable bonds is 8. The van der Waals surface area contributed by atoms with Gasteiger partial charge in [0.1, 0.15) is 11.6 Å². The van der Waals surface area contributed by atoms with Crippen molar-refractivity contribution >= 4 is 29.7 Å². The van der Waals surface area contributed by atoms with Crippen molar-refractivity contribution in [2.24, 2.45) is 11.8 Å². The highest BCUT2D eigenvalue weighted by Crippen LogP contribution is 2.16. The quantitative estimate of drug-likeness (QED) is 0.486. The van der Waals surface area contributed by atoms with E-state index >= 15 is 0 Å². The number of amides is 3. The van der Waals surface area contributed by atoms with Crippen LogP contribution in [0.15, 0.2) is 0 Å². The molecule has 28 heavy (non-hydrogen) atoms. The Bertz CT molecular complexity index is 621. The highest BCUT2D eigenvalue weighted by Gasteiger charge is 2.34. The van der Waals surface area contributed by atoms with Crippen LogP contribution < -0.4 is 5.32 Å². The first-order valence-electron chi connectivity index (χ1n) is 9.41. The number of hydrogen-bond acceptors (Lipinski definition) is 7. The molecule has 0 bridgehead atoms. The summed E-state index contributed by atoms with van der Waals surface area (Å²) >= 11 is 0. The molecule has 1 aliphatic heterocycles. The van der Waals surface area contributed by atoms with Crippen molar-refractivity contribution in [3.8, 4) is 0 Å². The summed E-state index contributed by atoms with van der Waals surface area (Å²) in [7, 11) is 0. The van der Waals surface area contributed by atoms with Gasteiger partial charge in [0.2, 0.25) is 5.91 Å². The van der Waals surface area contributed by atoms with Gasteiger partial charge in [0.05, 0.1) is 6.42 Å². The maximum absolute atomic E-state index is 12.4. The van der Waals surface area contributed by atoms with Gasteiger partial charge in [0.15, 0.2) is 0 Å². The van der Waals surface area contributed by atoms with Gasteiger partial charge in [-0.1, -0.05) is 20.8 Å². The molecular formula is C19H30N2O7. The molecule has 2 atom stereocenters. The molecule has 3 amide bonds. The largest absolute Gasteiger partial charge is 0.458 e. The SMILES string of the molecule is CC(C)C(C)C(=O)NC(CCC(=O)ON1C(=O)CCC1=O)C(=O)OC(C)(C)C. The van der Waals surface area contributed by atoms with E-state index in [-0.39, 0.29) is 43.4 Å². The van der Waals surface area contributed by atoms with E-state index in [1.165, 1.54) is 0 Å². The van der Waals surface area contributed by atoms with Crippen molar-refractivity contribution in [2.45, 2.75) is 78.9 Å². The van der Waals surface area contributed by atoms with Crippen LogP contribution in [0, 0.1) is 11.8 Å². The van der Waals surface area contributed by atoms with Crippen molar-refractivity contribution in [1.82, 2.24) is 10.4 Å². The number of nitrogens with one attached hydrogen (secondary N) is 1. The average Bonchev–Trinajstić information content (AvgIpc) is 2.87. The van der Waals surface area contributed by atoms with Gasteiger partial charge in [-0.25, -0.2) is 9.59 Å². The monoisotopic (exact) mass is 398 g/mol. The molecule has 0 aliphatic carbocycles. The molecule has 0 saturated carbocycles. The maximum atomic E-state index is 12.4. The highest BCUT2D eigenvalue weighted by atomic mass is 16.7. The highest BCUT2D eigenvalue weighted by molar-refractivity contribution is 6.01. The fraction of sp³-hybridized carbons (Fsp3) is 0.737. The summed E-state index contributed by atoms with van der Waals surface area (Å²) in [4.78, 5) is 64.6. The third-order valence-corrected chi connectivity index (χ3v) is 4.26. The van der Waals surface area contributed by atoms with E-state index in [0.717, 1.165) is 0 Å². The zero-order valence-corrected chi connectivity index (χ0v) is 17.4. The maximum Gasteiger partial charge on any atom is 0.333 e. The van der Waals surface area contributed by atoms with Crippen LogP contribution in [0.1, 0.15) is 67.2 Å². The van der Waals surface area contributed by atoms with Crippen LogP contribution >= 0.6 is 0 Å². The summed E-state index contributed by atoms with van der Waals surface area (Å²) in [6.45, 7) is 10.6. The van der Waals surface area contributed by atoms with Gasteiger partial charge in [0.25, 0.3) is 11.8 Å². The van der Waals surface area contributed by atoms with Crippen LogP contribution in [0.3, 0.4) is 0 Å². The fourth-order valence-electron chi connectivity index (χ4n) is 2.30. The molecule has 0 aromatic carbocycles. The molecule has 1 N–H and O–H groups in total. The first-order chi connectivity index (χ1) is 12.8. The molecule has 2 unspecified atom stereocenters. The Labute approximate surface area is 165 Å². The van der Waals surface area contributed by atoms with Crippen LogP contribution in [0.4, 0.5) is 0 Å². The third-order valence-electron chi connectivity index (χ3n) is 4.26. The molecule has 1 fully saturated rings. The van der Waals surface area contributed by atoms with E-state index in [0.29, 0.717) is 5.06 Å². The van der Waals surface area contributed by atoms with Crippen LogP contribution in [-0.2, 0) is 33.5 Å². The fourth-order valence-corrected chi connectivity index (χ4v) is 2.30. The number of ether oxygens (including phenoxy) is 1. The molecular weight excluding hydrogens is 368 g/mol. The molecule has 9 heteroatoms. The molecule has 0 radical (unpaired) electrons. The molecule has 1 heterocycles. The second-order valence-corrected chi connectivity index (χ2v) is 8.21. The Morgan fingerprint density at radius 1 is 1.07 bits per heavy atom. The number of esters is 1. The lowest BCUT2D eigenvalue weighted by Gasteiger charge is -2.26. The number of carbonyl (C=O) groups excluding carboxylic acids is 5. The standard InChI is InChI=1S/C19H30N2O7/c1-11(2)12(3)17(25)20-13(18(26)27-19(4,5)6)7-10-16(24)28-21-14(22)8-9-15(21)23/h11-13H,7-10H2,1-6H3,(H,20,25). The molecule has 0 aromatic rings. The Balaban J connectivity index is 2.74. The molecule has 1 saturated heterocycles. The Kier molecular flexibility index (Phi) is 8.14. The Hall–Kier alpha value is -2.45. The first kappa shape index (κ1) is 23.6. The summed E-state index contributed by atoms with van der Waals surface area (Å²) in [5.74, 6) is -3.28. The summed E-state index contributed by atoms with van der Waals surface area (Å²) in [6.07, 6.45) is -0.372. The molecule has 1 aliphatic rings. The number of hydroxylamine groups is 2. The zero-order valence-electron chi connectivity index (χ0n) is 17.4. The summed E-state index contributed by atoms with van der Waals surface area (Å²) in [5.41, 5.74) is -0.765. The van der Waals surface area contributed by atoms with Crippen LogP contribution in [-0.4, -0.2) is 46.4 Å². The minimum Gasteiger partial charge on any atom is -0.458 e. The van der Waals surface area contributed by atoms with Crippen molar-refractivity contribution in [1.29, 1.82) is 0 Å². The zero-order chi connectivity index (χ0) is 21.6. The first-order valence-corrected chi connectivity index (χ1v) is 9.41. The topological polar surface area (TPSA) is 119 Å². The van der Waals surface area contributed by atoms with E-state index in [4.69, 9.17) is 9.57 Å². The minimum absolute atomic E-state index is 0.00417. The van der Waals surface area contributed by atoms with E-state index in [2.05, 4.69) is 5.32 Å². The van der Waals surface area contributed by atoms with Gasteiger partial charge in [0, 0.05) is 18.8 Å². The van der Waals surface area contributed by atoms with Gasteiger partial charge < -0.3 is 14.9 Å². The lowest BCUT2D eigenvalue weighted by Crippen LogP contribution is -2.47. The van der Waals surface area contributed by atoms with Gasteiger partial charge in [-0.15, -0.1) is 5.06 Å². The molecule has 0 aromatic heterocycles. The van der Waals surface area contributed by atoms with Gasteiger partial charge in [-0.05, 0) is 33.1 Å². The van der Waals surface area contributed by atoms with Gasteiger partial charge in [-0.3, -0.25) is 14.4 Å². The lowest BCUT2D eigenvalue weighted by atomic mass is 9.96. The predicted molar refractivity (Wildman–Crippen MR) is 98.2 cm³/mol. The van der Waals surface area contributed by atoms with E-state index in [1.807, 2.05) is 13.8 Å². The van der Waals surface area contributed by atoms with Gasteiger partial charge in [-0.2, -0.15) is 0 Å².